The summed E-state index contributed by atoms with van der Waals surface area (Å²) in [6, 6.07) is 6.26. The van der Waals surface area contributed by atoms with Crippen molar-refractivity contribution in [1.82, 2.24) is 4.72 Å². The molecule has 0 aliphatic rings. The van der Waals surface area contributed by atoms with Crippen molar-refractivity contribution < 1.29 is 12.8 Å². The minimum atomic E-state index is -3.29. The van der Waals surface area contributed by atoms with E-state index in [0.29, 0.717) is 12.1 Å². The van der Waals surface area contributed by atoms with Gasteiger partial charge in [0, 0.05) is 6.54 Å². The SMILES string of the molecule is CCCCCNS(=O)(=O)CCc1ccccc1F. The van der Waals surface area contributed by atoms with E-state index < -0.39 is 10.0 Å². The van der Waals surface area contributed by atoms with Crippen molar-refractivity contribution >= 4 is 10.0 Å². The van der Waals surface area contributed by atoms with Crippen molar-refractivity contribution in [1.29, 1.82) is 0 Å². The summed E-state index contributed by atoms with van der Waals surface area (Å²) in [7, 11) is -3.29. The molecule has 102 valence electrons. The standard InChI is InChI=1S/C13H20FNO2S/c1-2-3-6-10-15-18(16,17)11-9-12-7-4-5-8-13(12)14/h4-5,7-8,15H,2-3,6,9-11H2,1H3. The topological polar surface area (TPSA) is 46.2 Å². The Morgan fingerprint density at radius 3 is 2.61 bits per heavy atom. The second kappa shape index (κ2) is 7.48. The Bertz CT molecular complexity index is 460. The monoisotopic (exact) mass is 273 g/mol. The van der Waals surface area contributed by atoms with Gasteiger partial charge in [0.15, 0.2) is 0 Å². The molecule has 1 rings (SSSR count). The van der Waals surface area contributed by atoms with Crippen LogP contribution in [0.2, 0.25) is 0 Å². The van der Waals surface area contributed by atoms with Gasteiger partial charge < -0.3 is 0 Å². The molecular weight excluding hydrogens is 253 g/mol. The molecule has 0 aromatic heterocycles. The molecule has 0 atom stereocenters. The van der Waals surface area contributed by atoms with Crippen LogP contribution in [-0.4, -0.2) is 20.7 Å². The van der Waals surface area contributed by atoms with Crippen molar-refractivity contribution in [3.05, 3.63) is 35.6 Å². The molecule has 0 heterocycles. The van der Waals surface area contributed by atoms with Crippen LogP contribution < -0.4 is 4.72 Å². The Morgan fingerprint density at radius 1 is 1.22 bits per heavy atom. The molecule has 1 aromatic carbocycles. The lowest BCUT2D eigenvalue weighted by Gasteiger charge is -2.07. The molecule has 3 nitrogen and oxygen atoms in total. The van der Waals surface area contributed by atoms with E-state index >= 15 is 0 Å². The van der Waals surface area contributed by atoms with E-state index in [1.54, 1.807) is 18.2 Å². The minimum Gasteiger partial charge on any atom is -0.215 e. The molecule has 0 unspecified atom stereocenters. The number of unbranched alkanes of at least 4 members (excludes halogenated alkanes) is 2. The number of hydrogen-bond acceptors (Lipinski definition) is 2. The van der Waals surface area contributed by atoms with Crippen LogP contribution >= 0.6 is 0 Å². The van der Waals surface area contributed by atoms with E-state index in [2.05, 4.69) is 11.6 Å². The number of sulfonamides is 1. The highest BCUT2D eigenvalue weighted by atomic mass is 32.2. The van der Waals surface area contributed by atoms with E-state index in [-0.39, 0.29) is 18.0 Å². The molecule has 1 aromatic rings. The molecule has 0 amide bonds. The van der Waals surface area contributed by atoms with Gasteiger partial charge in [-0.05, 0) is 24.5 Å². The van der Waals surface area contributed by atoms with Crippen molar-refractivity contribution in [2.75, 3.05) is 12.3 Å². The van der Waals surface area contributed by atoms with Crippen LogP contribution in [0.5, 0.6) is 0 Å². The molecule has 18 heavy (non-hydrogen) atoms. The maximum Gasteiger partial charge on any atom is 0.211 e. The van der Waals surface area contributed by atoms with Gasteiger partial charge in [0.25, 0.3) is 0 Å². The van der Waals surface area contributed by atoms with Gasteiger partial charge in [0.1, 0.15) is 5.82 Å². The highest BCUT2D eigenvalue weighted by Gasteiger charge is 2.11. The fourth-order valence-corrected chi connectivity index (χ4v) is 2.71. The fraction of sp³-hybridized carbons (Fsp3) is 0.538. The summed E-state index contributed by atoms with van der Waals surface area (Å²) in [5.74, 6) is -0.418. The largest absolute Gasteiger partial charge is 0.215 e. The predicted octanol–water partition coefficient (Wildman–Crippen LogP) is 2.48. The van der Waals surface area contributed by atoms with Crippen LogP contribution in [0, 0.1) is 5.82 Å². The highest BCUT2D eigenvalue weighted by Crippen LogP contribution is 2.07. The summed E-state index contributed by atoms with van der Waals surface area (Å²) in [6.07, 6.45) is 3.11. The molecular formula is C13H20FNO2S. The van der Waals surface area contributed by atoms with Crippen LogP contribution in [0.15, 0.2) is 24.3 Å². The zero-order valence-electron chi connectivity index (χ0n) is 10.7. The first-order valence-electron chi connectivity index (χ1n) is 6.26. The molecule has 0 radical (unpaired) electrons. The van der Waals surface area contributed by atoms with Crippen molar-refractivity contribution in [2.24, 2.45) is 0 Å². The molecule has 0 fully saturated rings. The average Bonchev–Trinajstić information content (AvgIpc) is 2.34. The van der Waals surface area contributed by atoms with Crippen molar-refractivity contribution in [3.63, 3.8) is 0 Å². The molecule has 0 aliphatic heterocycles. The number of benzene rings is 1. The van der Waals surface area contributed by atoms with Gasteiger partial charge in [-0.15, -0.1) is 0 Å². The van der Waals surface area contributed by atoms with Crippen LogP contribution in [0.4, 0.5) is 4.39 Å². The second-order valence-corrected chi connectivity index (χ2v) is 6.19. The Kier molecular flexibility index (Phi) is 6.29. The zero-order valence-corrected chi connectivity index (χ0v) is 11.5. The normalized spacial score (nSPS) is 11.7. The smallest absolute Gasteiger partial charge is 0.211 e. The summed E-state index contributed by atoms with van der Waals surface area (Å²) in [5.41, 5.74) is 0.441. The third kappa shape index (κ3) is 5.60. The average molecular weight is 273 g/mol. The summed E-state index contributed by atoms with van der Waals surface area (Å²) < 4.78 is 39.1. The first kappa shape index (κ1) is 15.1. The number of rotatable bonds is 8. The van der Waals surface area contributed by atoms with Gasteiger partial charge in [-0.1, -0.05) is 38.0 Å². The Balaban J connectivity index is 2.40. The van der Waals surface area contributed by atoms with Gasteiger partial charge in [0.05, 0.1) is 5.75 Å². The fourth-order valence-electron chi connectivity index (χ4n) is 1.62. The molecule has 5 heteroatoms. The number of halogens is 1. The van der Waals surface area contributed by atoms with Crippen LogP contribution in [-0.2, 0) is 16.4 Å². The Morgan fingerprint density at radius 2 is 1.94 bits per heavy atom. The van der Waals surface area contributed by atoms with Gasteiger partial charge in [-0.3, -0.25) is 0 Å². The predicted molar refractivity (Wildman–Crippen MR) is 71.4 cm³/mol. The van der Waals surface area contributed by atoms with Crippen LogP contribution in [0.25, 0.3) is 0 Å². The van der Waals surface area contributed by atoms with Crippen LogP contribution in [0.1, 0.15) is 31.7 Å². The van der Waals surface area contributed by atoms with Gasteiger partial charge in [-0.2, -0.15) is 0 Å². The highest BCUT2D eigenvalue weighted by molar-refractivity contribution is 7.89. The van der Waals surface area contributed by atoms with Crippen LogP contribution in [0.3, 0.4) is 0 Å². The number of nitrogens with one attached hydrogen (secondary N) is 1. The van der Waals surface area contributed by atoms with Gasteiger partial charge >= 0.3 is 0 Å². The molecule has 0 spiro atoms. The molecule has 0 aliphatic carbocycles. The second-order valence-electron chi connectivity index (χ2n) is 4.26. The lowest BCUT2D eigenvalue weighted by molar-refractivity contribution is 0.573. The lowest BCUT2D eigenvalue weighted by atomic mass is 10.2. The first-order chi connectivity index (χ1) is 8.55. The first-order valence-corrected chi connectivity index (χ1v) is 7.91. The van der Waals surface area contributed by atoms with Gasteiger partial charge in [-0.25, -0.2) is 17.5 Å². The van der Waals surface area contributed by atoms with Crippen molar-refractivity contribution in [2.45, 2.75) is 32.6 Å². The zero-order chi connectivity index (χ0) is 13.4. The molecule has 0 saturated carbocycles. The maximum absolute atomic E-state index is 13.3. The van der Waals surface area contributed by atoms with Gasteiger partial charge in [0.2, 0.25) is 10.0 Å². The number of aryl methyl sites for hydroxylation is 1. The lowest BCUT2D eigenvalue weighted by Crippen LogP contribution is -2.28. The van der Waals surface area contributed by atoms with E-state index in [1.165, 1.54) is 6.07 Å². The summed E-state index contributed by atoms with van der Waals surface area (Å²) in [5, 5.41) is 0. The Hall–Kier alpha value is -0.940. The molecule has 0 saturated heterocycles. The van der Waals surface area contributed by atoms with E-state index in [4.69, 9.17) is 0 Å². The third-order valence-electron chi connectivity index (χ3n) is 2.70. The Labute approximate surface area is 108 Å². The van der Waals surface area contributed by atoms with E-state index in [0.717, 1.165) is 19.3 Å². The third-order valence-corrected chi connectivity index (χ3v) is 4.09. The number of hydrogen-bond donors (Lipinski definition) is 1. The quantitative estimate of drug-likeness (QED) is 0.740. The van der Waals surface area contributed by atoms with E-state index in [9.17, 15) is 12.8 Å². The summed E-state index contributed by atoms with van der Waals surface area (Å²) in [4.78, 5) is 0. The maximum atomic E-state index is 13.3. The summed E-state index contributed by atoms with van der Waals surface area (Å²) in [6.45, 7) is 2.53. The molecule has 1 N–H and O–H groups in total. The minimum absolute atomic E-state index is 0.0694. The molecule has 0 bridgehead atoms. The van der Waals surface area contributed by atoms with E-state index in [1.807, 2.05) is 0 Å². The summed E-state index contributed by atoms with van der Waals surface area (Å²) >= 11 is 0. The van der Waals surface area contributed by atoms with Crippen molar-refractivity contribution in [3.8, 4) is 0 Å².